The van der Waals surface area contributed by atoms with Crippen LogP contribution in [0.25, 0.3) is 0 Å². The average Bonchev–Trinajstić information content (AvgIpc) is 2.73. The van der Waals surface area contributed by atoms with Crippen molar-refractivity contribution in [2.24, 2.45) is 0 Å². The number of nitrogens with one attached hydrogen (secondary N) is 1. The molecule has 0 spiro atoms. The van der Waals surface area contributed by atoms with Crippen molar-refractivity contribution in [1.29, 1.82) is 0 Å². The van der Waals surface area contributed by atoms with Crippen molar-refractivity contribution in [3.8, 4) is 5.75 Å². The predicted molar refractivity (Wildman–Crippen MR) is 109 cm³/mol. The molecule has 0 aromatic heterocycles. The number of anilines is 2. The van der Waals surface area contributed by atoms with E-state index < -0.39 is 11.9 Å². The van der Waals surface area contributed by atoms with Gasteiger partial charge in [-0.25, -0.2) is 4.39 Å². The Morgan fingerprint density at radius 2 is 1.86 bits per heavy atom. The summed E-state index contributed by atoms with van der Waals surface area (Å²) in [6, 6.07) is 13.2. The lowest BCUT2D eigenvalue weighted by Crippen LogP contribution is -2.52. The number of hydrogen-bond donors (Lipinski definition) is 1. The van der Waals surface area contributed by atoms with Gasteiger partial charge in [-0.2, -0.15) is 0 Å². The molecule has 6 nitrogen and oxygen atoms in total. The zero-order chi connectivity index (χ0) is 20.2. The predicted octanol–water partition coefficient (Wildman–Crippen LogP) is 3.04. The van der Waals surface area contributed by atoms with Gasteiger partial charge in [0.2, 0.25) is 5.91 Å². The van der Waals surface area contributed by atoms with E-state index in [9.17, 15) is 14.0 Å². The van der Waals surface area contributed by atoms with E-state index in [0.29, 0.717) is 18.0 Å². The van der Waals surface area contributed by atoms with Gasteiger partial charge in [0.25, 0.3) is 5.91 Å². The molecular formula is C22H24FN3O3. The molecule has 2 aromatic carbocycles. The fraction of sp³-hybridized carbons (Fsp3) is 0.364. The summed E-state index contributed by atoms with van der Waals surface area (Å²) >= 11 is 0. The zero-order valence-corrected chi connectivity index (χ0v) is 16.1. The summed E-state index contributed by atoms with van der Waals surface area (Å²) in [6.45, 7) is 1.84. The second-order valence-corrected chi connectivity index (χ2v) is 7.40. The molecule has 2 aliphatic rings. The lowest BCUT2D eigenvalue weighted by Gasteiger charge is -2.38. The summed E-state index contributed by atoms with van der Waals surface area (Å²) in [5, 5.41) is 2.71. The Kier molecular flexibility index (Phi) is 5.64. The van der Waals surface area contributed by atoms with Crippen LogP contribution >= 0.6 is 0 Å². The van der Waals surface area contributed by atoms with Crippen molar-refractivity contribution >= 4 is 23.2 Å². The minimum atomic E-state index is -0.648. The Morgan fingerprint density at radius 3 is 2.66 bits per heavy atom. The van der Waals surface area contributed by atoms with Gasteiger partial charge in [-0.1, -0.05) is 18.2 Å². The quantitative estimate of drug-likeness (QED) is 0.862. The molecule has 0 bridgehead atoms. The first kappa shape index (κ1) is 19.2. The maximum absolute atomic E-state index is 13.4. The molecule has 2 amide bonds. The monoisotopic (exact) mass is 397 g/mol. The van der Waals surface area contributed by atoms with E-state index >= 15 is 0 Å². The van der Waals surface area contributed by atoms with Crippen molar-refractivity contribution in [3.63, 3.8) is 0 Å². The number of halogens is 1. The number of fused-ring (bicyclic) bond motifs is 1. The summed E-state index contributed by atoms with van der Waals surface area (Å²) in [7, 11) is 0. The number of para-hydroxylation sites is 2. The number of carbonyl (C=O) groups is 2. The Labute approximate surface area is 169 Å². The van der Waals surface area contributed by atoms with Crippen LogP contribution in [0, 0.1) is 5.82 Å². The SMILES string of the molecule is O=C(CN1C[C@H](C(=O)N2CCCCC2)Oc2ccccc21)Nc1cccc(F)c1. The molecule has 0 radical (unpaired) electrons. The minimum Gasteiger partial charge on any atom is -0.477 e. The minimum absolute atomic E-state index is 0.0326. The van der Waals surface area contributed by atoms with Gasteiger partial charge in [0.1, 0.15) is 11.6 Å². The fourth-order valence-electron chi connectivity index (χ4n) is 3.84. The first-order valence-corrected chi connectivity index (χ1v) is 9.95. The van der Waals surface area contributed by atoms with Crippen LogP contribution in [0.3, 0.4) is 0 Å². The molecule has 1 saturated heterocycles. The smallest absolute Gasteiger partial charge is 0.265 e. The van der Waals surface area contributed by atoms with Gasteiger partial charge in [0.05, 0.1) is 18.8 Å². The number of benzene rings is 2. The number of nitrogens with zero attached hydrogens (tertiary/aromatic N) is 2. The number of piperidine rings is 1. The van der Waals surface area contributed by atoms with Crippen molar-refractivity contribution in [1.82, 2.24) is 4.90 Å². The van der Waals surface area contributed by atoms with Gasteiger partial charge >= 0.3 is 0 Å². The van der Waals surface area contributed by atoms with Crippen LogP contribution in [-0.4, -0.2) is 49.0 Å². The van der Waals surface area contributed by atoms with Gasteiger partial charge in [0.15, 0.2) is 6.10 Å². The lowest BCUT2D eigenvalue weighted by atomic mass is 10.1. The summed E-state index contributed by atoms with van der Waals surface area (Å²) in [6.07, 6.45) is 2.51. The Morgan fingerprint density at radius 1 is 1.07 bits per heavy atom. The molecule has 7 heteroatoms. The first-order chi connectivity index (χ1) is 14.1. The van der Waals surface area contributed by atoms with Gasteiger partial charge in [-0.3, -0.25) is 9.59 Å². The third-order valence-electron chi connectivity index (χ3n) is 5.25. The van der Waals surface area contributed by atoms with E-state index in [4.69, 9.17) is 4.74 Å². The second-order valence-electron chi connectivity index (χ2n) is 7.40. The van der Waals surface area contributed by atoms with E-state index in [-0.39, 0.29) is 18.4 Å². The molecule has 152 valence electrons. The van der Waals surface area contributed by atoms with Crippen LogP contribution in [0.2, 0.25) is 0 Å². The Balaban J connectivity index is 1.48. The number of rotatable bonds is 4. The summed E-state index contributed by atoms with van der Waals surface area (Å²) in [5.74, 6) is -0.134. The molecule has 29 heavy (non-hydrogen) atoms. The molecule has 2 aromatic rings. The average molecular weight is 397 g/mol. The molecule has 4 rings (SSSR count). The van der Waals surface area contributed by atoms with E-state index in [0.717, 1.165) is 38.0 Å². The third-order valence-corrected chi connectivity index (χ3v) is 5.25. The van der Waals surface area contributed by atoms with Crippen molar-refractivity contribution in [2.45, 2.75) is 25.4 Å². The zero-order valence-electron chi connectivity index (χ0n) is 16.1. The fourth-order valence-corrected chi connectivity index (χ4v) is 3.84. The highest BCUT2D eigenvalue weighted by Gasteiger charge is 2.34. The number of ether oxygens (including phenoxy) is 1. The Bertz CT molecular complexity index is 898. The van der Waals surface area contributed by atoms with Crippen LogP contribution < -0.4 is 15.0 Å². The number of carbonyl (C=O) groups excluding carboxylic acids is 2. The molecule has 2 heterocycles. The number of likely N-dealkylation sites (tertiary alicyclic amines) is 1. The molecule has 1 atom stereocenters. The van der Waals surface area contributed by atoms with Crippen molar-refractivity contribution < 1.29 is 18.7 Å². The number of amides is 2. The third kappa shape index (κ3) is 4.50. The molecule has 0 unspecified atom stereocenters. The molecule has 2 aliphatic heterocycles. The summed E-state index contributed by atoms with van der Waals surface area (Å²) < 4.78 is 19.3. The van der Waals surface area contributed by atoms with E-state index in [1.165, 1.54) is 12.1 Å². The topological polar surface area (TPSA) is 61.9 Å². The maximum atomic E-state index is 13.4. The lowest BCUT2D eigenvalue weighted by molar-refractivity contribution is -0.139. The van der Waals surface area contributed by atoms with E-state index in [1.54, 1.807) is 12.1 Å². The molecule has 1 fully saturated rings. The highest BCUT2D eigenvalue weighted by Crippen LogP contribution is 2.33. The van der Waals surface area contributed by atoms with E-state index in [2.05, 4.69) is 5.32 Å². The highest BCUT2D eigenvalue weighted by molar-refractivity contribution is 5.95. The van der Waals surface area contributed by atoms with Crippen LogP contribution in [0.4, 0.5) is 15.8 Å². The highest BCUT2D eigenvalue weighted by atomic mass is 19.1. The summed E-state index contributed by atoms with van der Waals surface area (Å²) in [4.78, 5) is 29.2. The molecule has 1 N–H and O–H groups in total. The van der Waals surface area contributed by atoms with Crippen molar-refractivity contribution in [2.75, 3.05) is 36.4 Å². The first-order valence-electron chi connectivity index (χ1n) is 9.95. The van der Waals surface area contributed by atoms with Gasteiger partial charge < -0.3 is 19.9 Å². The van der Waals surface area contributed by atoms with Crippen molar-refractivity contribution in [3.05, 3.63) is 54.3 Å². The Hall–Kier alpha value is -3.09. The summed E-state index contributed by atoms with van der Waals surface area (Å²) in [5.41, 5.74) is 1.17. The molecule has 0 aliphatic carbocycles. The normalized spacial score (nSPS) is 18.6. The molecular weight excluding hydrogens is 373 g/mol. The standard InChI is InChI=1S/C22H24FN3O3/c23-16-7-6-8-17(13-16)24-21(27)15-26-14-20(22(28)25-11-4-1-5-12-25)29-19-10-3-2-9-18(19)26/h2-3,6-10,13,20H,1,4-5,11-12,14-15H2,(H,24,27)/t20-/m1/s1. The van der Waals surface area contributed by atoms with Crippen LogP contribution in [0.15, 0.2) is 48.5 Å². The van der Waals surface area contributed by atoms with Gasteiger partial charge in [-0.15, -0.1) is 0 Å². The van der Waals surface area contributed by atoms with Gasteiger partial charge in [0, 0.05) is 18.8 Å². The van der Waals surface area contributed by atoms with Crippen LogP contribution in [0.5, 0.6) is 5.75 Å². The number of hydrogen-bond acceptors (Lipinski definition) is 4. The van der Waals surface area contributed by atoms with Crippen LogP contribution in [0.1, 0.15) is 19.3 Å². The molecule has 0 saturated carbocycles. The van der Waals surface area contributed by atoms with Crippen LogP contribution in [-0.2, 0) is 9.59 Å². The van der Waals surface area contributed by atoms with Gasteiger partial charge in [-0.05, 0) is 49.6 Å². The van der Waals surface area contributed by atoms with E-state index in [1.807, 2.05) is 34.1 Å². The second kappa shape index (κ2) is 8.51. The largest absolute Gasteiger partial charge is 0.477 e. The maximum Gasteiger partial charge on any atom is 0.265 e.